The maximum Gasteiger partial charge on any atom is 0.143 e. The molecule has 0 saturated carbocycles. The van der Waals surface area contributed by atoms with Crippen LogP contribution in [-0.2, 0) is 6.42 Å². The van der Waals surface area contributed by atoms with Crippen molar-refractivity contribution in [2.45, 2.75) is 6.42 Å². The molecular weight excluding hydrogens is 811 g/mol. The Bertz CT molecular complexity index is 3780. The molecule has 0 bridgehead atoms. The van der Waals surface area contributed by atoms with Crippen molar-refractivity contribution in [1.29, 1.82) is 0 Å². The van der Waals surface area contributed by atoms with Gasteiger partial charge < -0.3 is 9.32 Å². The molecule has 1 aliphatic rings. The highest BCUT2D eigenvalue weighted by Crippen LogP contribution is 2.50. The molecule has 314 valence electrons. The molecule has 0 fully saturated rings. The Labute approximate surface area is 390 Å². The highest BCUT2D eigenvalue weighted by atomic mass is 16.3. The van der Waals surface area contributed by atoms with Crippen LogP contribution in [0.25, 0.3) is 99.5 Å². The van der Waals surface area contributed by atoms with Gasteiger partial charge in [0.1, 0.15) is 11.3 Å². The third-order valence-corrected chi connectivity index (χ3v) is 13.7. The first kappa shape index (κ1) is 38.7. The summed E-state index contributed by atoms with van der Waals surface area (Å²) in [6.45, 7) is 0. The molecule has 1 heterocycles. The fraction of sp³-hybridized carbons (Fsp3) is 0.0154. The summed E-state index contributed by atoms with van der Waals surface area (Å²) in [7, 11) is 0. The van der Waals surface area contributed by atoms with Crippen molar-refractivity contribution in [2.75, 3.05) is 4.90 Å². The molecule has 0 radical (unpaired) electrons. The number of fused-ring (bicyclic) bond motifs is 9. The van der Waals surface area contributed by atoms with Crippen molar-refractivity contribution in [2.24, 2.45) is 0 Å². The van der Waals surface area contributed by atoms with E-state index in [2.05, 4.69) is 254 Å². The smallest absolute Gasteiger partial charge is 0.143 e. The van der Waals surface area contributed by atoms with Gasteiger partial charge in [-0.3, -0.25) is 0 Å². The van der Waals surface area contributed by atoms with Gasteiger partial charge in [0, 0.05) is 39.7 Å². The van der Waals surface area contributed by atoms with Gasteiger partial charge in [-0.2, -0.15) is 0 Å². The molecule has 13 rings (SSSR count). The number of hydrogen-bond acceptors (Lipinski definition) is 2. The van der Waals surface area contributed by atoms with E-state index in [9.17, 15) is 0 Å². The number of rotatable bonds is 8. The molecule has 2 nitrogen and oxygen atoms in total. The lowest BCUT2D eigenvalue weighted by atomic mass is 9.91. The molecule has 1 aromatic heterocycles. The van der Waals surface area contributed by atoms with E-state index in [1.165, 1.54) is 66.4 Å². The minimum atomic E-state index is 0.857. The van der Waals surface area contributed by atoms with Crippen LogP contribution in [-0.4, -0.2) is 0 Å². The second-order valence-corrected chi connectivity index (χ2v) is 17.5. The molecule has 0 atom stereocenters. The lowest BCUT2D eigenvalue weighted by Crippen LogP contribution is -2.12. The predicted octanol–water partition coefficient (Wildman–Crippen LogP) is 18.1. The van der Waals surface area contributed by atoms with E-state index < -0.39 is 0 Å². The minimum Gasteiger partial charge on any atom is -0.455 e. The maximum absolute atomic E-state index is 7.04. The van der Waals surface area contributed by atoms with Gasteiger partial charge >= 0.3 is 0 Å². The Hall–Kier alpha value is -8.72. The van der Waals surface area contributed by atoms with Gasteiger partial charge in [-0.25, -0.2) is 0 Å². The number of furan rings is 1. The predicted molar refractivity (Wildman–Crippen MR) is 281 cm³/mol. The molecule has 0 N–H and O–H groups in total. The summed E-state index contributed by atoms with van der Waals surface area (Å²) < 4.78 is 7.04. The molecule has 0 unspecified atom stereocenters. The molecule has 0 amide bonds. The van der Waals surface area contributed by atoms with Crippen molar-refractivity contribution in [3.8, 4) is 67.0 Å². The first-order valence-electron chi connectivity index (χ1n) is 23.1. The molecule has 2 heteroatoms. The Morgan fingerprint density at radius 2 is 0.806 bits per heavy atom. The van der Waals surface area contributed by atoms with E-state index in [0.717, 1.165) is 67.7 Å². The molecule has 12 aromatic rings. The van der Waals surface area contributed by atoms with Gasteiger partial charge in [0.15, 0.2) is 0 Å². The van der Waals surface area contributed by atoms with Crippen molar-refractivity contribution in [1.82, 2.24) is 0 Å². The number of hydrogen-bond donors (Lipinski definition) is 0. The summed E-state index contributed by atoms with van der Waals surface area (Å²) in [4.78, 5) is 2.45. The van der Waals surface area contributed by atoms with Crippen molar-refractivity contribution >= 4 is 49.6 Å². The zero-order valence-electron chi connectivity index (χ0n) is 36.7. The van der Waals surface area contributed by atoms with Crippen LogP contribution >= 0.6 is 0 Å². The van der Waals surface area contributed by atoms with E-state index in [-0.39, 0.29) is 0 Å². The van der Waals surface area contributed by atoms with Gasteiger partial charge in [-0.05, 0) is 120 Å². The van der Waals surface area contributed by atoms with Gasteiger partial charge in [-0.1, -0.05) is 206 Å². The summed E-state index contributed by atoms with van der Waals surface area (Å²) >= 11 is 0. The van der Waals surface area contributed by atoms with Crippen LogP contribution < -0.4 is 4.90 Å². The second kappa shape index (κ2) is 16.1. The van der Waals surface area contributed by atoms with Crippen LogP contribution in [0.5, 0.6) is 0 Å². The van der Waals surface area contributed by atoms with Crippen molar-refractivity contribution in [3.05, 3.63) is 260 Å². The first-order valence-corrected chi connectivity index (χ1v) is 23.1. The molecule has 0 spiro atoms. The third-order valence-electron chi connectivity index (χ3n) is 13.7. The van der Waals surface area contributed by atoms with E-state index in [4.69, 9.17) is 4.42 Å². The van der Waals surface area contributed by atoms with Crippen LogP contribution in [0.2, 0.25) is 0 Å². The highest BCUT2D eigenvalue weighted by Gasteiger charge is 2.28. The highest BCUT2D eigenvalue weighted by molar-refractivity contribution is 6.28. The van der Waals surface area contributed by atoms with E-state index in [0.29, 0.717) is 0 Å². The number of anilines is 3. The average molecular weight is 854 g/mol. The monoisotopic (exact) mass is 853 g/mol. The minimum absolute atomic E-state index is 0.857. The molecule has 11 aromatic carbocycles. The normalized spacial score (nSPS) is 11.8. The lowest BCUT2D eigenvalue weighted by molar-refractivity contribution is 0.636. The van der Waals surface area contributed by atoms with Gasteiger partial charge in [0.2, 0.25) is 0 Å². The Kier molecular flexibility index (Phi) is 9.28. The van der Waals surface area contributed by atoms with Crippen LogP contribution in [0, 0.1) is 0 Å². The number of benzene rings is 11. The summed E-state index contributed by atoms with van der Waals surface area (Å²) in [5.41, 5.74) is 20.3. The standard InChI is InChI=1S/C65H43NO/c1-5-17-43(18-6-1)44-31-36-50(37-32-44)66(61-30-16-29-54-53-28-15-27-52(59(53)42-60(54)61)46-19-7-2-8-20-46)51-38-33-45(34-39-51)49-35-40-57-58(41-49)55-25-13-14-26-56(55)63-62(47-21-9-3-10-22-47)64(67-65(57)63)48-23-11-4-12-24-48/h1-41H,42H2. The molecule has 1 aliphatic carbocycles. The zero-order valence-corrected chi connectivity index (χ0v) is 36.7. The van der Waals surface area contributed by atoms with Crippen molar-refractivity contribution < 1.29 is 4.42 Å². The topological polar surface area (TPSA) is 16.4 Å². The second-order valence-electron chi connectivity index (χ2n) is 17.5. The van der Waals surface area contributed by atoms with E-state index >= 15 is 0 Å². The molecule has 67 heavy (non-hydrogen) atoms. The lowest BCUT2D eigenvalue weighted by Gasteiger charge is -2.28. The summed E-state index contributed by atoms with van der Waals surface area (Å²) in [5.74, 6) is 0.892. The Balaban J connectivity index is 0.936. The average Bonchev–Trinajstić information content (AvgIpc) is 4.01. The summed E-state index contributed by atoms with van der Waals surface area (Å²) in [6.07, 6.45) is 0.857. The fourth-order valence-corrected chi connectivity index (χ4v) is 10.6. The van der Waals surface area contributed by atoms with Gasteiger partial charge in [0.05, 0.1) is 5.69 Å². The first-order chi connectivity index (χ1) is 33.2. The van der Waals surface area contributed by atoms with E-state index in [1.54, 1.807) is 0 Å². The van der Waals surface area contributed by atoms with Crippen molar-refractivity contribution in [3.63, 3.8) is 0 Å². The van der Waals surface area contributed by atoms with Crippen LogP contribution in [0.3, 0.4) is 0 Å². The largest absolute Gasteiger partial charge is 0.455 e. The molecule has 0 saturated heterocycles. The van der Waals surface area contributed by atoms with Crippen LogP contribution in [0.1, 0.15) is 11.1 Å². The summed E-state index contributed by atoms with van der Waals surface area (Å²) in [5, 5.41) is 5.82. The van der Waals surface area contributed by atoms with Crippen LogP contribution in [0.15, 0.2) is 253 Å². The van der Waals surface area contributed by atoms with Gasteiger partial charge in [0.25, 0.3) is 0 Å². The number of nitrogens with zero attached hydrogens (tertiary/aromatic N) is 1. The Morgan fingerprint density at radius 3 is 1.46 bits per heavy atom. The molecule has 0 aliphatic heterocycles. The Morgan fingerprint density at radius 1 is 0.313 bits per heavy atom. The fourth-order valence-electron chi connectivity index (χ4n) is 10.6. The third kappa shape index (κ3) is 6.57. The molecular formula is C65H43NO. The SMILES string of the molecule is c1ccc(-c2ccc(N(c3ccc(-c4ccc5c(c4)c4ccccc4c4c(-c6ccccc6)c(-c6ccccc6)oc54)cc3)c3cccc4c3Cc3c(-c5ccccc5)cccc3-4)cc2)cc1. The van der Waals surface area contributed by atoms with Gasteiger partial charge in [-0.15, -0.1) is 0 Å². The van der Waals surface area contributed by atoms with Crippen LogP contribution in [0.4, 0.5) is 17.1 Å². The maximum atomic E-state index is 7.04. The summed E-state index contributed by atoms with van der Waals surface area (Å²) in [6, 6.07) is 90.0. The zero-order chi connectivity index (χ0) is 44.3. The quantitative estimate of drug-likeness (QED) is 0.142. The van der Waals surface area contributed by atoms with E-state index in [1.807, 2.05) is 0 Å².